The summed E-state index contributed by atoms with van der Waals surface area (Å²) < 4.78 is 39.7. The Labute approximate surface area is 260 Å². The van der Waals surface area contributed by atoms with Crippen molar-refractivity contribution in [3.05, 3.63) is 84.6 Å². The number of para-hydroxylation sites is 1. The van der Waals surface area contributed by atoms with Gasteiger partial charge in [0.05, 0.1) is 24.1 Å². The van der Waals surface area contributed by atoms with E-state index >= 15 is 0 Å². The molecule has 13 heteroatoms. The third kappa shape index (κ3) is 7.01. The van der Waals surface area contributed by atoms with Gasteiger partial charge in [-0.25, -0.2) is 23.4 Å². The fraction of sp³-hybridized carbons (Fsp3) is 0.258. The number of hydrogen-bond donors (Lipinski definition) is 2. The number of thiazole rings is 1. The van der Waals surface area contributed by atoms with Crippen molar-refractivity contribution in [2.24, 2.45) is 0 Å². The maximum Gasteiger partial charge on any atom is 0.263 e. The summed E-state index contributed by atoms with van der Waals surface area (Å²) in [5.41, 5.74) is 2.64. The summed E-state index contributed by atoms with van der Waals surface area (Å²) in [5, 5.41) is 6.05. The van der Waals surface area contributed by atoms with E-state index in [4.69, 9.17) is 9.47 Å². The number of hydrogen-bond acceptors (Lipinski definition) is 11. The number of anilines is 4. The molecule has 0 aliphatic carbocycles. The maximum absolute atomic E-state index is 12.7. The number of nitrogens with one attached hydrogen (secondary N) is 2. The quantitative estimate of drug-likeness (QED) is 0.177. The van der Waals surface area contributed by atoms with E-state index < -0.39 is 10.0 Å². The smallest absolute Gasteiger partial charge is 0.263 e. The van der Waals surface area contributed by atoms with Gasteiger partial charge in [-0.1, -0.05) is 18.2 Å². The van der Waals surface area contributed by atoms with Crippen molar-refractivity contribution in [3.8, 4) is 11.5 Å². The lowest BCUT2D eigenvalue weighted by molar-refractivity contribution is 0.221. The van der Waals surface area contributed by atoms with E-state index in [1.54, 1.807) is 30.8 Å². The fourth-order valence-electron chi connectivity index (χ4n) is 5.08. The van der Waals surface area contributed by atoms with Crippen molar-refractivity contribution in [3.63, 3.8) is 0 Å². The molecule has 3 aromatic carbocycles. The molecule has 2 N–H and O–H groups in total. The third-order valence-electron chi connectivity index (χ3n) is 7.37. The molecular weight excluding hydrogens is 599 g/mol. The molecule has 11 nitrogen and oxygen atoms in total. The second-order valence-electron chi connectivity index (χ2n) is 10.2. The summed E-state index contributed by atoms with van der Waals surface area (Å²) >= 11 is 1.22. The van der Waals surface area contributed by atoms with Gasteiger partial charge in [-0.3, -0.25) is 9.62 Å². The first kappa shape index (κ1) is 29.6. The number of methoxy groups -OCH3 is 1. The zero-order chi connectivity index (χ0) is 30.4. The van der Waals surface area contributed by atoms with Gasteiger partial charge < -0.3 is 19.7 Å². The van der Waals surface area contributed by atoms with Crippen LogP contribution in [0.2, 0.25) is 0 Å². The van der Waals surface area contributed by atoms with Crippen LogP contribution in [0.4, 0.5) is 22.3 Å². The van der Waals surface area contributed by atoms with Crippen LogP contribution in [-0.4, -0.2) is 74.7 Å². The number of piperazine rings is 1. The zero-order valence-electron chi connectivity index (χ0n) is 24.2. The number of nitrogens with zero attached hydrogens (tertiary/aromatic N) is 5. The predicted molar refractivity (Wildman–Crippen MR) is 174 cm³/mol. The van der Waals surface area contributed by atoms with Gasteiger partial charge in [0.15, 0.2) is 16.6 Å². The molecule has 0 amide bonds. The minimum absolute atomic E-state index is 0.129. The van der Waals surface area contributed by atoms with E-state index in [9.17, 15) is 8.42 Å². The first-order valence-electron chi connectivity index (χ1n) is 14.3. The molecule has 0 atom stereocenters. The molecule has 0 unspecified atom stereocenters. The highest BCUT2D eigenvalue weighted by atomic mass is 32.2. The molecule has 1 saturated heterocycles. The average molecular weight is 632 g/mol. The van der Waals surface area contributed by atoms with E-state index in [1.165, 1.54) is 35.5 Å². The van der Waals surface area contributed by atoms with Crippen LogP contribution in [0.3, 0.4) is 0 Å². The molecule has 0 bridgehead atoms. The van der Waals surface area contributed by atoms with E-state index in [0.717, 1.165) is 44.5 Å². The minimum atomic E-state index is -3.74. The van der Waals surface area contributed by atoms with E-state index in [1.807, 2.05) is 18.2 Å². The molecule has 1 aliphatic heterocycles. The molecule has 228 valence electrons. The molecule has 6 rings (SSSR count). The fourth-order valence-corrected chi connectivity index (χ4v) is 6.87. The summed E-state index contributed by atoms with van der Waals surface area (Å²) in [7, 11) is -2.13. The monoisotopic (exact) mass is 631 g/mol. The maximum atomic E-state index is 12.7. The van der Waals surface area contributed by atoms with Crippen molar-refractivity contribution in [2.45, 2.75) is 11.3 Å². The summed E-state index contributed by atoms with van der Waals surface area (Å²) in [6, 6.07) is 20.7. The normalized spacial score (nSPS) is 14.0. The summed E-state index contributed by atoms with van der Waals surface area (Å²) in [5.74, 6) is 1.78. The van der Waals surface area contributed by atoms with Gasteiger partial charge in [0.2, 0.25) is 0 Å². The second kappa shape index (κ2) is 13.5. The van der Waals surface area contributed by atoms with Crippen molar-refractivity contribution in [2.75, 3.05) is 61.4 Å². The Kier molecular flexibility index (Phi) is 9.05. The molecule has 44 heavy (non-hydrogen) atoms. The van der Waals surface area contributed by atoms with Crippen molar-refractivity contribution >= 4 is 54.6 Å². The highest BCUT2D eigenvalue weighted by molar-refractivity contribution is 7.93. The molecule has 0 spiro atoms. The van der Waals surface area contributed by atoms with E-state index in [2.05, 4.69) is 59.1 Å². The van der Waals surface area contributed by atoms with Crippen LogP contribution >= 0.6 is 11.3 Å². The first-order valence-corrected chi connectivity index (χ1v) is 16.6. The van der Waals surface area contributed by atoms with Gasteiger partial charge in [0.25, 0.3) is 10.0 Å². The highest BCUT2D eigenvalue weighted by Gasteiger charge is 2.18. The van der Waals surface area contributed by atoms with Crippen LogP contribution in [0.25, 0.3) is 10.9 Å². The molecule has 3 heterocycles. The molecule has 0 saturated carbocycles. The van der Waals surface area contributed by atoms with Gasteiger partial charge in [-0.2, -0.15) is 0 Å². The van der Waals surface area contributed by atoms with Gasteiger partial charge in [-0.05, 0) is 48.9 Å². The summed E-state index contributed by atoms with van der Waals surface area (Å²) in [4.78, 5) is 17.9. The molecule has 2 aromatic heterocycles. The van der Waals surface area contributed by atoms with Crippen molar-refractivity contribution in [1.29, 1.82) is 0 Å². The first-order chi connectivity index (χ1) is 21.5. The summed E-state index contributed by atoms with van der Waals surface area (Å²) in [6.45, 7) is 5.58. The Morgan fingerprint density at radius 3 is 2.45 bits per heavy atom. The number of sulfonamides is 1. The number of aromatic nitrogens is 3. The Morgan fingerprint density at radius 2 is 1.73 bits per heavy atom. The van der Waals surface area contributed by atoms with Crippen LogP contribution < -0.4 is 24.4 Å². The van der Waals surface area contributed by atoms with Gasteiger partial charge >= 0.3 is 0 Å². The van der Waals surface area contributed by atoms with Crippen LogP contribution in [0.1, 0.15) is 6.42 Å². The molecule has 5 aromatic rings. The number of ether oxygens (including phenoxy) is 2. The van der Waals surface area contributed by atoms with Gasteiger partial charge in [0, 0.05) is 67.1 Å². The lowest BCUT2D eigenvalue weighted by atomic mass is 10.2. The standard InChI is InChI=1S/C31H33N7O4S2/c1-41-28-21-27-26(20-29(28)42-18-5-13-37-14-16-38(17-15-37)24-6-3-2-4-7-24)30(34-22-33-27)35-23-8-10-25(11-9-23)44(39,40)36-31-32-12-19-43-31/h2-4,6-12,19-22H,5,13-18H2,1H3,(H,32,36)(H,33,34,35). The topological polar surface area (TPSA) is 122 Å². The Balaban J connectivity index is 1.08. The summed E-state index contributed by atoms with van der Waals surface area (Å²) in [6.07, 6.45) is 3.90. The largest absolute Gasteiger partial charge is 0.493 e. The second-order valence-corrected chi connectivity index (χ2v) is 12.8. The van der Waals surface area contributed by atoms with Crippen LogP contribution in [0.15, 0.2) is 89.5 Å². The number of fused-ring (bicyclic) bond motifs is 1. The molecular formula is C31H33N7O4S2. The van der Waals surface area contributed by atoms with E-state index in [0.29, 0.717) is 40.3 Å². The van der Waals surface area contributed by atoms with Crippen LogP contribution in [-0.2, 0) is 10.0 Å². The zero-order valence-corrected chi connectivity index (χ0v) is 25.9. The average Bonchev–Trinajstić information content (AvgIpc) is 3.56. The highest BCUT2D eigenvalue weighted by Crippen LogP contribution is 2.35. The SMILES string of the molecule is COc1cc2ncnc(Nc3ccc(S(=O)(=O)Nc4nccs4)cc3)c2cc1OCCCN1CCN(c2ccccc2)CC1. The van der Waals surface area contributed by atoms with Crippen LogP contribution in [0.5, 0.6) is 11.5 Å². The predicted octanol–water partition coefficient (Wildman–Crippen LogP) is 5.23. The number of rotatable bonds is 12. The molecule has 1 aliphatic rings. The Morgan fingerprint density at radius 1 is 0.932 bits per heavy atom. The van der Waals surface area contributed by atoms with Gasteiger partial charge in [0.1, 0.15) is 12.1 Å². The third-order valence-corrected chi connectivity index (χ3v) is 9.54. The van der Waals surface area contributed by atoms with Crippen molar-refractivity contribution in [1.82, 2.24) is 19.9 Å². The Hall–Kier alpha value is -4.46. The van der Waals surface area contributed by atoms with Crippen LogP contribution in [0, 0.1) is 0 Å². The van der Waals surface area contributed by atoms with E-state index in [-0.39, 0.29) is 4.90 Å². The molecule has 0 radical (unpaired) electrons. The molecule has 1 fully saturated rings. The lowest BCUT2D eigenvalue weighted by Gasteiger charge is -2.36. The Bertz CT molecular complexity index is 1780. The van der Waals surface area contributed by atoms with Gasteiger partial charge in [-0.15, -0.1) is 11.3 Å². The van der Waals surface area contributed by atoms with Crippen molar-refractivity contribution < 1.29 is 17.9 Å². The number of benzene rings is 3. The minimum Gasteiger partial charge on any atom is -0.493 e. The lowest BCUT2D eigenvalue weighted by Crippen LogP contribution is -2.46.